The van der Waals surface area contributed by atoms with Gasteiger partial charge in [-0.3, -0.25) is 9.69 Å². The summed E-state index contributed by atoms with van der Waals surface area (Å²) < 4.78 is 0. The summed E-state index contributed by atoms with van der Waals surface area (Å²) in [5.41, 5.74) is 4.04. The van der Waals surface area contributed by atoms with E-state index < -0.39 is 0 Å². The predicted octanol–water partition coefficient (Wildman–Crippen LogP) is 4.68. The van der Waals surface area contributed by atoms with Crippen LogP contribution in [0.3, 0.4) is 0 Å². The fraction of sp³-hybridized carbons (Fsp3) is 0.278. The van der Waals surface area contributed by atoms with Crippen LogP contribution >= 0.6 is 23.2 Å². The number of hydrogen-bond acceptors (Lipinski definition) is 2. The van der Waals surface area contributed by atoms with Crippen molar-refractivity contribution in [3.63, 3.8) is 0 Å². The van der Waals surface area contributed by atoms with Crippen LogP contribution in [-0.4, -0.2) is 24.4 Å². The number of benzene rings is 2. The van der Waals surface area contributed by atoms with Gasteiger partial charge in [-0.05, 0) is 55.8 Å². The molecule has 122 valence electrons. The summed E-state index contributed by atoms with van der Waals surface area (Å²) in [7, 11) is 1.88. The molecule has 2 aromatic carbocycles. The van der Waals surface area contributed by atoms with Gasteiger partial charge in [0, 0.05) is 22.3 Å². The summed E-state index contributed by atoms with van der Waals surface area (Å²) in [5, 5.41) is 4.17. The third-order valence-electron chi connectivity index (χ3n) is 3.75. The Bertz CT molecular complexity index is 716. The highest BCUT2D eigenvalue weighted by atomic mass is 35.5. The Morgan fingerprint density at radius 3 is 2.61 bits per heavy atom. The number of amides is 1. The predicted molar refractivity (Wildman–Crippen MR) is 97.3 cm³/mol. The van der Waals surface area contributed by atoms with Gasteiger partial charge in [0.15, 0.2) is 0 Å². The number of nitrogens with zero attached hydrogens (tertiary/aromatic N) is 1. The molecule has 0 heterocycles. The largest absolute Gasteiger partial charge is 0.325 e. The van der Waals surface area contributed by atoms with E-state index in [1.54, 1.807) is 12.1 Å². The number of carbonyl (C=O) groups is 1. The zero-order chi connectivity index (χ0) is 17.0. The van der Waals surface area contributed by atoms with Crippen molar-refractivity contribution in [1.82, 2.24) is 4.90 Å². The van der Waals surface area contributed by atoms with Gasteiger partial charge in [-0.15, -0.1) is 0 Å². The normalized spacial score (nSPS) is 10.9. The van der Waals surface area contributed by atoms with Gasteiger partial charge < -0.3 is 5.32 Å². The molecule has 0 unspecified atom stereocenters. The Morgan fingerprint density at radius 1 is 1.17 bits per heavy atom. The third-order valence-corrected chi connectivity index (χ3v) is 4.33. The number of likely N-dealkylation sites (N-methyl/N-ethyl adjacent to an activating group) is 1. The third kappa shape index (κ3) is 4.96. The van der Waals surface area contributed by atoms with E-state index in [1.807, 2.05) is 50.1 Å². The van der Waals surface area contributed by atoms with Crippen LogP contribution in [-0.2, 0) is 11.3 Å². The van der Waals surface area contributed by atoms with Crippen LogP contribution in [0.2, 0.25) is 10.0 Å². The van der Waals surface area contributed by atoms with E-state index in [2.05, 4.69) is 5.32 Å². The van der Waals surface area contributed by atoms with E-state index in [0.29, 0.717) is 16.6 Å². The van der Waals surface area contributed by atoms with Crippen molar-refractivity contribution in [2.24, 2.45) is 0 Å². The molecule has 0 bridgehead atoms. The quantitative estimate of drug-likeness (QED) is 0.848. The summed E-state index contributed by atoms with van der Waals surface area (Å²) in [6.07, 6.45) is 0. The average Bonchev–Trinajstić information content (AvgIpc) is 2.47. The molecule has 0 fully saturated rings. The van der Waals surface area contributed by atoms with Gasteiger partial charge in [0.25, 0.3) is 0 Å². The monoisotopic (exact) mass is 350 g/mol. The Hall–Kier alpha value is -1.55. The first-order valence-electron chi connectivity index (χ1n) is 7.35. The minimum Gasteiger partial charge on any atom is -0.325 e. The molecule has 23 heavy (non-hydrogen) atoms. The summed E-state index contributed by atoms with van der Waals surface area (Å²) in [5.74, 6) is -0.0497. The molecule has 1 N–H and O–H groups in total. The lowest BCUT2D eigenvalue weighted by molar-refractivity contribution is -0.117. The molecule has 0 aromatic heterocycles. The van der Waals surface area contributed by atoms with Gasteiger partial charge in [-0.25, -0.2) is 0 Å². The Morgan fingerprint density at radius 2 is 1.91 bits per heavy atom. The molecule has 0 saturated carbocycles. The average molecular weight is 351 g/mol. The smallest absolute Gasteiger partial charge is 0.238 e. The maximum atomic E-state index is 12.2. The van der Waals surface area contributed by atoms with Gasteiger partial charge in [0.2, 0.25) is 5.91 Å². The first kappa shape index (κ1) is 17.8. The number of halogens is 2. The first-order chi connectivity index (χ1) is 10.9. The van der Waals surface area contributed by atoms with Gasteiger partial charge in [-0.1, -0.05) is 41.4 Å². The lowest BCUT2D eigenvalue weighted by Crippen LogP contribution is -2.30. The van der Waals surface area contributed by atoms with Crippen LogP contribution in [0.5, 0.6) is 0 Å². The molecular weight excluding hydrogens is 331 g/mol. The fourth-order valence-electron chi connectivity index (χ4n) is 2.32. The van der Waals surface area contributed by atoms with Crippen molar-refractivity contribution in [3.05, 3.63) is 63.1 Å². The second kappa shape index (κ2) is 7.82. The standard InChI is InChI=1S/C18H20Cl2N2O/c1-12-5-4-6-17(13(12)2)21-18(23)11-22(3)10-14-7-8-15(19)9-16(14)20/h4-9H,10-11H2,1-3H3,(H,21,23). The van der Waals surface area contributed by atoms with Crippen LogP contribution < -0.4 is 5.32 Å². The SMILES string of the molecule is Cc1cccc(NC(=O)CN(C)Cc2ccc(Cl)cc2Cl)c1C. The minimum absolute atomic E-state index is 0.0497. The Balaban J connectivity index is 1.95. The van der Waals surface area contributed by atoms with Crippen LogP contribution in [0.4, 0.5) is 5.69 Å². The molecule has 0 aliphatic heterocycles. The van der Waals surface area contributed by atoms with E-state index in [1.165, 1.54) is 0 Å². The number of nitrogens with one attached hydrogen (secondary N) is 1. The maximum absolute atomic E-state index is 12.2. The zero-order valence-electron chi connectivity index (χ0n) is 13.5. The number of hydrogen-bond donors (Lipinski definition) is 1. The highest BCUT2D eigenvalue weighted by Gasteiger charge is 2.11. The second-order valence-electron chi connectivity index (χ2n) is 5.70. The van der Waals surface area contributed by atoms with Crippen LogP contribution in [0.25, 0.3) is 0 Å². The van der Waals surface area contributed by atoms with Crippen molar-refractivity contribution < 1.29 is 4.79 Å². The molecule has 0 atom stereocenters. The van der Waals surface area contributed by atoms with Crippen LogP contribution in [0.15, 0.2) is 36.4 Å². The number of rotatable bonds is 5. The summed E-state index contributed by atoms with van der Waals surface area (Å²) in [6.45, 7) is 4.89. The lowest BCUT2D eigenvalue weighted by atomic mass is 10.1. The van der Waals surface area contributed by atoms with E-state index in [4.69, 9.17) is 23.2 Å². The zero-order valence-corrected chi connectivity index (χ0v) is 15.0. The summed E-state index contributed by atoms with van der Waals surface area (Å²) in [4.78, 5) is 14.1. The van der Waals surface area contributed by atoms with E-state index in [0.717, 1.165) is 22.4 Å². The molecular formula is C18H20Cl2N2O. The van der Waals surface area contributed by atoms with Crippen LogP contribution in [0, 0.1) is 13.8 Å². The molecule has 0 aliphatic rings. The number of aryl methyl sites for hydroxylation is 1. The van der Waals surface area contributed by atoms with Crippen molar-refractivity contribution in [3.8, 4) is 0 Å². The lowest BCUT2D eigenvalue weighted by Gasteiger charge is -2.18. The topological polar surface area (TPSA) is 32.3 Å². The minimum atomic E-state index is -0.0497. The number of anilines is 1. The van der Waals surface area contributed by atoms with Crippen LogP contribution in [0.1, 0.15) is 16.7 Å². The molecule has 2 aromatic rings. The van der Waals surface area contributed by atoms with Crippen molar-refractivity contribution >= 4 is 34.8 Å². The molecule has 5 heteroatoms. The highest BCUT2D eigenvalue weighted by Crippen LogP contribution is 2.22. The van der Waals surface area contributed by atoms with E-state index in [9.17, 15) is 4.79 Å². The first-order valence-corrected chi connectivity index (χ1v) is 8.11. The number of carbonyl (C=O) groups excluding carboxylic acids is 1. The van der Waals surface area contributed by atoms with E-state index in [-0.39, 0.29) is 12.5 Å². The molecule has 2 rings (SSSR count). The second-order valence-corrected chi connectivity index (χ2v) is 6.55. The Kier molecular flexibility index (Phi) is 6.05. The van der Waals surface area contributed by atoms with Crippen molar-refractivity contribution in [1.29, 1.82) is 0 Å². The van der Waals surface area contributed by atoms with Gasteiger partial charge in [0.05, 0.1) is 6.54 Å². The molecule has 0 spiro atoms. The van der Waals surface area contributed by atoms with E-state index >= 15 is 0 Å². The van der Waals surface area contributed by atoms with Gasteiger partial charge in [-0.2, -0.15) is 0 Å². The molecule has 0 aliphatic carbocycles. The van der Waals surface area contributed by atoms with Gasteiger partial charge in [0.1, 0.15) is 0 Å². The molecule has 1 amide bonds. The molecule has 0 saturated heterocycles. The highest BCUT2D eigenvalue weighted by molar-refractivity contribution is 6.35. The van der Waals surface area contributed by atoms with Gasteiger partial charge >= 0.3 is 0 Å². The van der Waals surface area contributed by atoms with Crippen molar-refractivity contribution in [2.45, 2.75) is 20.4 Å². The van der Waals surface area contributed by atoms with Crippen molar-refractivity contribution in [2.75, 3.05) is 18.9 Å². The summed E-state index contributed by atoms with van der Waals surface area (Å²) in [6, 6.07) is 11.3. The molecule has 0 radical (unpaired) electrons. The maximum Gasteiger partial charge on any atom is 0.238 e. The fourth-order valence-corrected chi connectivity index (χ4v) is 2.79. The summed E-state index contributed by atoms with van der Waals surface area (Å²) >= 11 is 12.1. The molecule has 3 nitrogen and oxygen atoms in total. The Labute approximate surface area is 147 Å².